The highest BCUT2D eigenvalue weighted by atomic mass is 79.9. The van der Waals surface area contributed by atoms with Crippen molar-refractivity contribution in [3.63, 3.8) is 0 Å². The van der Waals surface area contributed by atoms with Crippen LogP contribution in [0.1, 0.15) is 24.8 Å². The van der Waals surface area contributed by atoms with Gasteiger partial charge < -0.3 is 15.4 Å². The minimum Gasteiger partial charge on any atom is -0.389 e. The number of hydrogen-bond acceptors (Lipinski definition) is 3. The van der Waals surface area contributed by atoms with Crippen molar-refractivity contribution in [2.45, 2.75) is 25.4 Å². The average Bonchev–Trinajstić information content (AvgIpc) is 2.39. The van der Waals surface area contributed by atoms with E-state index in [1.807, 2.05) is 18.2 Å². The van der Waals surface area contributed by atoms with Crippen LogP contribution in [0.25, 0.3) is 0 Å². The number of hydrogen-bond donors (Lipinski definition) is 1. The molecule has 104 valence electrons. The second-order valence-electron chi connectivity index (χ2n) is 4.89. The lowest BCUT2D eigenvalue weighted by atomic mass is 10.1. The second kappa shape index (κ2) is 6.68. The van der Waals surface area contributed by atoms with Crippen molar-refractivity contribution in [2.75, 3.05) is 25.1 Å². The van der Waals surface area contributed by atoms with Crippen molar-refractivity contribution in [1.29, 1.82) is 0 Å². The highest BCUT2D eigenvalue weighted by Crippen LogP contribution is 2.25. The fraction of sp³-hybridized carbons (Fsp3) is 0.500. The van der Waals surface area contributed by atoms with E-state index in [4.69, 9.17) is 22.7 Å². The van der Waals surface area contributed by atoms with Crippen LogP contribution in [0.5, 0.6) is 0 Å². The minimum atomic E-state index is 0.307. The van der Waals surface area contributed by atoms with Crippen molar-refractivity contribution in [3.8, 4) is 0 Å². The maximum atomic E-state index is 5.81. The Bertz CT molecular complexity index is 461. The maximum Gasteiger partial charge on any atom is 0.106 e. The molecule has 1 heterocycles. The minimum absolute atomic E-state index is 0.307. The predicted molar refractivity (Wildman–Crippen MR) is 86.9 cm³/mol. The van der Waals surface area contributed by atoms with Gasteiger partial charge >= 0.3 is 0 Å². The molecule has 2 N–H and O–H groups in total. The monoisotopic (exact) mass is 342 g/mol. The second-order valence-corrected chi connectivity index (χ2v) is 6.25. The smallest absolute Gasteiger partial charge is 0.106 e. The molecule has 1 aromatic rings. The normalized spacial score (nSPS) is 19.2. The van der Waals surface area contributed by atoms with Gasteiger partial charge in [-0.3, -0.25) is 0 Å². The van der Waals surface area contributed by atoms with Crippen LogP contribution < -0.4 is 10.6 Å². The van der Waals surface area contributed by atoms with Gasteiger partial charge in [0.15, 0.2) is 0 Å². The summed E-state index contributed by atoms with van der Waals surface area (Å²) < 4.78 is 6.77. The molecule has 0 aromatic heterocycles. The molecule has 0 aliphatic carbocycles. The first-order chi connectivity index (χ1) is 9.08. The van der Waals surface area contributed by atoms with Gasteiger partial charge in [0.25, 0.3) is 0 Å². The lowest BCUT2D eigenvalue weighted by molar-refractivity contribution is 0.0216. The Kier molecular flexibility index (Phi) is 5.19. The summed E-state index contributed by atoms with van der Waals surface area (Å²) in [5.74, 6) is 0. The molecule has 0 saturated carbocycles. The molecule has 0 amide bonds. The van der Waals surface area contributed by atoms with E-state index in [1.54, 1.807) is 0 Å². The SMILES string of the molecule is CN(CC1CCCCO1)c1ccc(Br)cc1C(N)=S. The molecule has 19 heavy (non-hydrogen) atoms. The van der Waals surface area contributed by atoms with Crippen molar-refractivity contribution in [1.82, 2.24) is 0 Å². The molecular formula is C14H19BrN2OS. The van der Waals surface area contributed by atoms with E-state index in [2.05, 4.69) is 27.9 Å². The number of thiocarbonyl (C=S) groups is 1. The zero-order valence-electron chi connectivity index (χ0n) is 11.1. The van der Waals surface area contributed by atoms with Crippen molar-refractivity contribution >= 4 is 38.8 Å². The fourth-order valence-electron chi connectivity index (χ4n) is 2.39. The lowest BCUT2D eigenvalue weighted by Gasteiger charge is -2.29. The number of benzene rings is 1. The van der Waals surface area contributed by atoms with E-state index in [9.17, 15) is 0 Å². The molecular weight excluding hydrogens is 324 g/mol. The standard InChI is InChI=1S/C14H19BrN2OS/c1-17(9-11-4-2-3-7-18-11)13-6-5-10(15)8-12(13)14(16)19/h5-6,8,11H,2-4,7,9H2,1H3,(H2,16,19). The van der Waals surface area contributed by atoms with Gasteiger partial charge in [-0.2, -0.15) is 0 Å². The molecule has 0 spiro atoms. The number of ether oxygens (including phenoxy) is 1. The van der Waals surface area contributed by atoms with Crippen LogP contribution in [0.3, 0.4) is 0 Å². The number of nitrogens with two attached hydrogens (primary N) is 1. The van der Waals surface area contributed by atoms with Crippen LogP contribution in [-0.4, -0.2) is 31.3 Å². The summed E-state index contributed by atoms with van der Waals surface area (Å²) in [4.78, 5) is 2.60. The maximum absolute atomic E-state index is 5.81. The van der Waals surface area contributed by atoms with Crippen LogP contribution >= 0.6 is 28.1 Å². The van der Waals surface area contributed by atoms with Crippen molar-refractivity contribution in [2.24, 2.45) is 5.73 Å². The summed E-state index contributed by atoms with van der Waals surface area (Å²) in [5, 5.41) is 0. The van der Waals surface area contributed by atoms with Crippen LogP contribution in [0, 0.1) is 0 Å². The van der Waals surface area contributed by atoms with Crippen LogP contribution in [0.4, 0.5) is 5.69 Å². The molecule has 1 unspecified atom stereocenters. The number of rotatable bonds is 4. The first kappa shape index (κ1) is 14.8. The van der Waals surface area contributed by atoms with Crippen molar-refractivity contribution in [3.05, 3.63) is 28.2 Å². The third kappa shape index (κ3) is 3.91. The summed E-state index contributed by atoms with van der Waals surface area (Å²) in [5.41, 5.74) is 7.77. The first-order valence-corrected chi connectivity index (χ1v) is 7.70. The molecule has 3 nitrogen and oxygen atoms in total. The van der Waals surface area contributed by atoms with E-state index < -0.39 is 0 Å². The van der Waals surface area contributed by atoms with Gasteiger partial charge in [0.05, 0.1) is 6.10 Å². The molecule has 0 bridgehead atoms. The molecule has 1 fully saturated rings. The topological polar surface area (TPSA) is 38.5 Å². The van der Waals surface area contributed by atoms with Crippen LogP contribution in [0.15, 0.2) is 22.7 Å². The average molecular weight is 343 g/mol. The van der Waals surface area contributed by atoms with Gasteiger partial charge in [-0.25, -0.2) is 0 Å². The summed E-state index contributed by atoms with van der Waals surface area (Å²) in [6.45, 7) is 1.75. The van der Waals surface area contributed by atoms with E-state index in [0.717, 1.165) is 35.3 Å². The molecule has 1 atom stereocenters. The van der Waals surface area contributed by atoms with Gasteiger partial charge in [0, 0.05) is 35.9 Å². The lowest BCUT2D eigenvalue weighted by Crippen LogP contribution is -2.34. The van der Waals surface area contributed by atoms with Gasteiger partial charge in [0.1, 0.15) is 4.99 Å². The largest absolute Gasteiger partial charge is 0.389 e. The molecule has 5 heteroatoms. The summed E-state index contributed by atoms with van der Waals surface area (Å²) >= 11 is 8.59. The molecule has 2 rings (SSSR count). The van der Waals surface area contributed by atoms with E-state index in [0.29, 0.717) is 11.1 Å². The number of halogens is 1. The zero-order valence-corrected chi connectivity index (χ0v) is 13.5. The Morgan fingerprint density at radius 2 is 2.32 bits per heavy atom. The summed E-state index contributed by atoms with van der Waals surface area (Å²) in [6, 6.07) is 6.02. The van der Waals surface area contributed by atoms with Gasteiger partial charge in [-0.15, -0.1) is 0 Å². The van der Waals surface area contributed by atoms with Gasteiger partial charge in [-0.1, -0.05) is 28.1 Å². The molecule has 1 aliphatic heterocycles. The number of nitrogens with zero attached hydrogens (tertiary/aromatic N) is 1. The Balaban J connectivity index is 2.13. The highest BCUT2D eigenvalue weighted by Gasteiger charge is 2.18. The van der Waals surface area contributed by atoms with Crippen molar-refractivity contribution < 1.29 is 4.74 Å². The Morgan fingerprint density at radius 3 is 2.95 bits per heavy atom. The predicted octanol–water partition coefficient (Wildman–Crippen LogP) is 3.09. The quantitative estimate of drug-likeness (QED) is 0.853. The summed E-state index contributed by atoms with van der Waals surface area (Å²) in [6.07, 6.45) is 3.86. The van der Waals surface area contributed by atoms with Gasteiger partial charge in [0.2, 0.25) is 0 Å². The highest BCUT2D eigenvalue weighted by molar-refractivity contribution is 9.10. The summed E-state index contributed by atoms with van der Waals surface area (Å²) in [7, 11) is 2.06. The Hall–Kier alpha value is -0.650. The first-order valence-electron chi connectivity index (χ1n) is 6.50. The number of anilines is 1. The number of likely N-dealkylation sites (N-methyl/N-ethyl adjacent to an activating group) is 1. The third-order valence-corrected chi connectivity index (χ3v) is 4.10. The molecule has 1 aromatic carbocycles. The fourth-order valence-corrected chi connectivity index (χ4v) is 2.92. The Labute approximate surface area is 128 Å². The van der Waals surface area contributed by atoms with Crippen LogP contribution in [0.2, 0.25) is 0 Å². The molecule has 0 radical (unpaired) electrons. The zero-order chi connectivity index (χ0) is 13.8. The molecule has 1 aliphatic rings. The van der Waals surface area contributed by atoms with Crippen LogP contribution in [-0.2, 0) is 4.74 Å². The van der Waals surface area contributed by atoms with E-state index >= 15 is 0 Å². The Morgan fingerprint density at radius 1 is 1.53 bits per heavy atom. The van der Waals surface area contributed by atoms with Gasteiger partial charge in [-0.05, 0) is 37.5 Å². The van der Waals surface area contributed by atoms with E-state index in [1.165, 1.54) is 12.8 Å². The third-order valence-electron chi connectivity index (χ3n) is 3.39. The molecule has 1 saturated heterocycles. The van der Waals surface area contributed by atoms with E-state index in [-0.39, 0.29) is 0 Å².